The van der Waals surface area contributed by atoms with Gasteiger partial charge in [0.25, 0.3) is 5.91 Å². The van der Waals surface area contributed by atoms with E-state index >= 15 is 0 Å². The Morgan fingerprint density at radius 2 is 2.06 bits per heavy atom. The number of hydrogen-bond donors (Lipinski definition) is 4. The first-order chi connectivity index (χ1) is 7.95. The molecule has 92 valence electrons. The number of carbonyl (C=O) groups excluding carboxylic acids is 1. The highest BCUT2D eigenvalue weighted by atomic mass is 16.4. The summed E-state index contributed by atoms with van der Waals surface area (Å²) in [5.41, 5.74) is 5.45. The minimum atomic E-state index is -0.424. The quantitative estimate of drug-likeness (QED) is 0.193. The molecular weight excluding hydrogens is 226 g/mol. The van der Waals surface area contributed by atoms with Crippen molar-refractivity contribution in [1.29, 1.82) is 0 Å². The van der Waals surface area contributed by atoms with Crippen LogP contribution in [0.1, 0.15) is 10.4 Å². The number of amides is 1. The molecule has 0 aliphatic carbocycles. The lowest BCUT2D eigenvalue weighted by Crippen LogP contribution is -2.35. The number of phenolic OH excluding ortho intramolecular Hbond substituents is 2. The number of aromatic hydroxyl groups is 2. The van der Waals surface area contributed by atoms with E-state index < -0.39 is 5.91 Å². The second-order valence-electron chi connectivity index (χ2n) is 3.46. The Bertz CT molecular complexity index is 459. The van der Waals surface area contributed by atoms with E-state index in [2.05, 4.69) is 5.16 Å². The normalized spacial score (nSPS) is 11.2. The lowest BCUT2D eigenvalue weighted by atomic mass is 10.2. The van der Waals surface area contributed by atoms with Crippen molar-refractivity contribution in [1.82, 2.24) is 4.90 Å². The van der Waals surface area contributed by atoms with Crippen LogP contribution < -0.4 is 5.73 Å². The molecule has 0 unspecified atom stereocenters. The van der Waals surface area contributed by atoms with Gasteiger partial charge >= 0.3 is 0 Å². The van der Waals surface area contributed by atoms with Crippen LogP contribution in [0, 0.1) is 0 Å². The summed E-state index contributed by atoms with van der Waals surface area (Å²) in [6.45, 7) is -0.0447. The number of rotatable bonds is 3. The minimum Gasteiger partial charge on any atom is -0.504 e. The van der Waals surface area contributed by atoms with E-state index in [1.54, 1.807) is 0 Å². The van der Waals surface area contributed by atoms with Crippen LogP contribution in [0.2, 0.25) is 0 Å². The number of oxime groups is 1. The number of amidine groups is 1. The number of nitrogens with zero attached hydrogens (tertiary/aromatic N) is 2. The first kappa shape index (κ1) is 12.6. The molecular formula is C10H13N3O4. The van der Waals surface area contributed by atoms with Gasteiger partial charge in [-0.05, 0) is 18.2 Å². The van der Waals surface area contributed by atoms with Crippen molar-refractivity contribution in [3.05, 3.63) is 23.8 Å². The van der Waals surface area contributed by atoms with E-state index in [-0.39, 0.29) is 29.4 Å². The Kier molecular flexibility index (Phi) is 3.76. The topological polar surface area (TPSA) is 119 Å². The molecule has 0 bridgehead atoms. The van der Waals surface area contributed by atoms with Gasteiger partial charge in [-0.15, -0.1) is 0 Å². The van der Waals surface area contributed by atoms with Crippen molar-refractivity contribution < 1.29 is 20.2 Å². The zero-order valence-electron chi connectivity index (χ0n) is 9.16. The zero-order chi connectivity index (χ0) is 13.0. The Hall–Kier alpha value is -2.44. The lowest BCUT2D eigenvalue weighted by Gasteiger charge is -2.16. The Balaban J connectivity index is 2.85. The average Bonchev–Trinajstić information content (AvgIpc) is 2.31. The van der Waals surface area contributed by atoms with Crippen molar-refractivity contribution >= 4 is 11.7 Å². The molecule has 1 aromatic rings. The summed E-state index contributed by atoms with van der Waals surface area (Å²) in [7, 11) is 1.46. The molecule has 0 fully saturated rings. The molecule has 0 atom stereocenters. The van der Waals surface area contributed by atoms with Gasteiger partial charge in [-0.2, -0.15) is 0 Å². The standard InChI is InChI=1S/C10H13N3O4/c1-13(5-9(11)12-17)10(16)6-2-3-7(14)8(15)4-6/h2-4,14-15,17H,5H2,1H3,(H2,11,12). The molecule has 0 radical (unpaired) electrons. The summed E-state index contributed by atoms with van der Waals surface area (Å²) in [5.74, 6) is -1.22. The van der Waals surface area contributed by atoms with Crippen molar-refractivity contribution in [2.75, 3.05) is 13.6 Å². The van der Waals surface area contributed by atoms with E-state index in [4.69, 9.17) is 16.0 Å². The first-order valence-corrected chi connectivity index (χ1v) is 4.69. The van der Waals surface area contributed by atoms with Crippen LogP contribution in [0.3, 0.4) is 0 Å². The van der Waals surface area contributed by atoms with Gasteiger partial charge in [0.1, 0.15) is 0 Å². The molecule has 0 spiro atoms. The predicted octanol–water partition coefficient (Wildman–Crippen LogP) is -0.0838. The molecule has 7 nitrogen and oxygen atoms in total. The fourth-order valence-corrected chi connectivity index (χ4v) is 1.22. The Morgan fingerprint density at radius 3 is 2.59 bits per heavy atom. The summed E-state index contributed by atoms with van der Waals surface area (Å²) in [4.78, 5) is 13.0. The van der Waals surface area contributed by atoms with Gasteiger partial charge in [-0.1, -0.05) is 5.16 Å². The smallest absolute Gasteiger partial charge is 0.254 e. The van der Waals surface area contributed by atoms with Crippen LogP contribution in [0.15, 0.2) is 23.4 Å². The third kappa shape index (κ3) is 3.00. The molecule has 17 heavy (non-hydrogen) atoms. The fourth-order valence-electron chi connectivity index (χ4n) is 1.22. The summed E-state index contributed by atoms with van der Waals surface area (Å²) >= 11 is 0. The van der Waals surface area contributed by atoms with Crippen molar-refractivity contribution in [3.63, 3.8) is 0 Å². The van der Waals surface area contributed by atoms with Crippen LogP contribution in [0.5, 0.6) is 11.5 Å². The molecule has 1 amide bonds. The highest BCUT2D eigenvalue weighted by molar-refractivity contribution is 5.97. The van der Waals surface area contributed by atoms with Crippen LogP contribution >= 0.6 is 0 Å². The predicted molar refractivity (Wildman–Crippen MR) is 60.1 cm³/mol. The monoisotopic (exact) mass is 239 g/mol. The van der Waals surface area contributed by atoms with E-state index in [9.17, 15) is 9.90 Å². The zero-order valence-corrected chi connectivity index (χ0v) is 9.16. The maximum atomic E-state index is 11.8. The average molecular weight is 239 g/mol. The van der Waals surface area contributed by atoms with Crippen molar-refractivity contribution in [3.8, 4) is 11.5 Å². The molecule has 0 saturated heterocycles. The summed E-state index contributed by atoms with van der Waals surface area (Å²) in [5, 5.41) is 29.5. The minimum absolute atomic E-state index is 0.0447. The Labute approximate surface area is 97.4 Å². The van der Waals surface area contributed by atoms with Crippen LogP contribution in [0.4, 0.5) is 0 Å². The number of phenols is 2. The summed E-state index contributed by atoms with van der Waals surface area (Å²) in [6.07, 6.45) is 0. The van der Waals surface area contributed by atoms with Crippen molar-refractivity contribution in [2.45, 2.75) is 0 Å². The number of nitrogens with two attached hydrogens (primary N) is 1. The van der Waals surface area contributed by atoms with E-state index in [1.807, 2.05) is 0 Å². The van der Waals surface area contributed by atoms with E-state index in [0.717, 1.165) is 6.07 Å². The van der Waals surface area contributed by atoms with Crippen molar-refractivity contribution in [2.24, 2.45) is 10.9 Å². The highest BCUT2D eigenvalue weighted by Gasteiger charge is 2.14. The van der Waals surface area contributed by atoms with Gasteiger partial charge in [0.15, 0.2) is 17.3 Å². The molecule has 0 aliphatic rings. The number of benzene rings is 1. The molecule has 0 aromatic heterocycles. The number of hydrogen-bond acceptors (Lipinski definition) is 5. The molecule has 0 aliphatic heterocycles. The van der Waals surface area contributed by atoms with Gasteiger partial charge in [-0.25, -0.2) is 0 Å². The lowest BCUT2D eigenvalue weighted by molar-refractivity contribution is 0.0813. The van der Waals surface area contributed by atoms with Crippen LogP contribution in [0.25, 0.3) is 0 Å². The Morgan fingerprint density at radius 1 is 1.41 bits per heavy atom. The van der Waals surface area contributed by atoms with Crippen LogP contribution in [-0.2, 0) is 0 Å². The maximum absolute atomic E-state index is 11.8. The fraction of sp³-hybridized carbons (Fsp3) is 0.200. The second-order valence-corrected chi connectivity index (χ2v) is 3.46. The summed E-state index contributed by atoms with van der Waals surface area (Å²) in [6, 6.07) is 3.71. The maximum Gasteiger partial charge on any atom is 0.254 e. The second kappa shape index (κ2) is 5.06. The van der Waals surface area contributed by atoms with Gasteiger partial charge in [0.05, 0.1) is 6.54 Å². The molecule has 0 saturated carbocycles. The van der Waals surface area contributed by atoms with E-state index in [1.165, 1.54) is 24.1 Å². The van der Waals surface area contributed by atoms with Crippen LogP contribution in [-0.4, -0.2) is 45.7 Å². The molecule has 0 heterocycles. The number of likely N-dealkylation sites (N-methyl/N-ethyl adjacent to an activating group) is 1. The van der Waals surface area contributed by atoms with Gasteiger partial charge < -0.3 is 26.1 Å². The summed E-state index contributed by atoms with van der Waals surface area (Å²) < 4.78 is 0. The number of carbonyl (C=O) groups is 1. The SMILES string of the molecule is CN(C/C(N)=N/O)C(=O)c1ccc(O)c(O)c1. The van der Waals surface area contributed by atoms with Gasteiger partial charge in [-0.3, -0.25) is 4.79 Å². The molecule has 1 rings (SSSR count). The van der Waals surface area contributed by atoms with Gasteiger partial charge in [0, 0.05) is 12.6 Å². The largest absolute Gasteiger partial charge is 0.504 e. The first-order valence-electron chi connectivity index (χ1n) is 4.69. The van der Waals surface area contributed by atoms with Gasteiger partial charge in [0.2, 0.25) is 0 Å². The third-order valence-electron chi connectivity index (χ3n) is 2.10. The molecule has 5 N–H and O–H groups in total. The molecule has 1 aromatic carbocycles. The van der Waals surface area contributed by atoms with E-state index in [0.29, 0.717) is 0 Å². The third-order valence-corrected chi connectivity index (χ3v) is 2.10. The molecule has 7 heteroatoms. The highest BCUT2D eigenvalue weighted by Crippen LogP contribution is 2.25.